The Morgan fingerprint density at radius 1 is 1.82 bits per heavy atom. The predicted octanol–water partition coefficient (Wildman–Crippen LogP) is 1.59. The molecule has 0 bridgehead atoms. The summed E-state index contributed by atoms with van der Waals surface area (Å²) in [6.07, 6.45) is 1.78. The van der Waals surface area contributed by atoms with Gasteiger partial charge in [0.25, 0.3) is 0 Å². The molecule has 0 amide bonds. The van der Waals surface area contributed by atoms with Crippen LogP contribution in [-0.4, -0.2) is 24.7 Å². The minimum atomic E-state index is 0.325. The Hall–Kier alpha value is -0.610. The van der Waals surface area contributed by atoms with Gasteiger partial charge >= 0.3 is 0 Å². The van der Waals surface area contributed by atoms with E-state index in [-0.39, 0.29) is 0 Å². The number of rotatable bonds is 4. The Morgan fingerprint density at radius 2 is 2.64 bits per heavy atom. The second kappa shape index (κ2) is 4.31. The normalized spacial score (nSPS) is 12.9. The number of thiazole rings is 1. The molecule has 1 heterocycles. The van der Waals surface area contributed by atoms with Gasteiger partial charge in [0.2, 0.25) is 0 Å². The van der Waals surface area contributed by atoms with Gasteiger partial charge in [-0.25, -0.2) is 4.98 Å². The summed E-state index contributed by atoms with van der Waals surface area (Å²) in [6, 6.07) is 0.325. The van der Waals surface area contributed by atoms with E-state index in [2.05, 4.69) is 17.2 Å². The van der Waals surface area contributed by atoms with Crippen molar-refractivity contribution in [2.24, 2.45) is 0 Å². The van der Waals surface area contributed by atoms with Gasteiger partial charge in [0, 0.05) is 24.7 Å². The van der Waals surface area contributed by atoms with Gasteiger partial charge in [-0.3, -0.25) is 0 Å². The summed E-state index contributed by atoms with van der Waals surface area (Å²) >= 11 is 1.60. The molecule has 0 spiro atoms. The summed E-state index contributed by atoms with van der Waals surface area (Å²) in [5.41, 5.74) is 0. The lowest BCUT2D eigenvalue weighted by Crippen LogP contribution is -2.20. The maximum atomic E-state index is 4.97. The summed E-state index contributed by atoms with van der Waals surface area (Å²) in [7, 11) is 1.69. The molecule has 4 heteroatoms. The zero-order valence-electron chi connectivity index (χ0n) is 6.70. The van der Waals surface area contributed by atoms with E-state index in [9.17, 15) is 0 Å². The van der Waals surface area contributed by atoms with Crippen LogP contribution in [0.15, 0.2) is 11.6 Å². The van der Waals surface area contributed by atoms with Gasteiger partial charge in [0.1, 0.15) is 0 Å². The van der Waals surface area contributed by atoms with Crippen LogP contribution in [-0.2, 0) is 4.74 Å². The number of nitrogens with zero attached hydrogens (tertiary/aromatic N) is 1. The molecular formula is C7H12N2OS. The van der Waals surface area contributed by atoms with Crippen LogP contribution in [0.5, 0.6) is 0 Å². The van der Waals surface area contributed by atoms with E-state index in [4.69, 9.17) is 4.74 Å². The second-order valence-electron chi connectivity index (χ2n) is 2.34. The Bertz CT molecular complexity index is 188. The van der Waals surface area contributed by atoms with Crippen LogP contribution in [0.2, 0.25) is 0 Å². The van der Waals surface area contributed by atoms with Gasteiger partial charge < -0.3 is 10.1 Å². The monoisotopic (exact) mass is 172 g/mol. The van der Waals surface area contributed by atoms with Crippen molar-refractivity contribution in [2.75, 3.05) is 19.0 Å². The highest BCUT2D eigenvalue weighted by atomic mass is 32.1. The predicted molar refractivity (Wildman–Crippen MR) is 47.1 cm³/mol. The van der Waals surface area contributed by atoms with E-state index in [0.717, 1.165) is 5.13 Å². The quantitative estimate of drug-likeness (QED) is 0.749. The van der Waals surface area contributed by atoms with Gasteiger partial charge in [0.15, 0.2) is 5.13 Å². The fourth-order valence-corrected chi connectivity index (χ4v) is 1.44. The average molecular weight is 172 g/mol. The average Bonchev–Trinajstić information content (AvgIpc) is 2.40. The van der Waals surface area contributed by atoms with Crippen LogP contribution in [0, 0.1) is 0 Å². The fourth-order valence-electron chi connectivity index (χ4n) is 0.797. The standard InChI is InChI=1S/C7H12N2OS/c1-6(5-10-2)9-7-8-3-4-11-7/h3-4,6H,5H2,1-2H3,(H,8,9). The first-order valence-electron chi connectivity index (χ1n) is 3.48. The van der Waals surface area contributed by atoms with Crippen LogP contribution >= 0.6 is 11.3 Å². The van der Waals surface area contributed by atoms with Crippen LogP contribution in [0.1, 0.15) is 6.92 Å². The van der Waals surface area contributed by atoms with Gasteiger partial charge in [-0.05, 0) is 6.92 Å². The second-order valence-corrected chi connectivity index (χ2v) is 3.23. The SMILES string of the molecule is COCC(C)Nc1nccs1. The van der Waals surface area contributed by atoms with E-state index in [1.54, 1.807) is 24.6 Å². The lowest BCUT2D eigenvalue weighted by Gasteiger charge is -2.10. The Balaban J connectivity index is 2.31. The fraction of sp³-hybridized carbons (Fsp3) is 0.571. The van der Waals surface area contributed by atoms with Crippen molar-refractivity contribution < 1.29 is 4.74 Å². The lowest BCUT2D eigenvalue weighted by atomic mass is 10.4. The van der Waals surface area contributed by atoms with E-state index in [0.29, 0.717) is 12.6 Å². The van der Waals surface area contributed by atoms with E-state index in [1.165, 1.54) is 0 Å². The maximum absolute atomic E-state index is 4.97. The first kappa shape index (κ1) is 8.49. The first-order valence-corrected chi connectivity index (χ1v) is 4.36. The number of nitrogens with one attached hydrogen (secondary N) is 1. The summed E-state index contributed by atoms with van der Waals surface area (Å²) < 4.78 is 4.97. The number of anilines is 1. The molecule has 0 aliphatic rings. The molecule has 1 N–H and O–H groups in total. The molecule has 0 saturated carbocycles. The smallest absolute Gasteiger partial charge is 0.182 e. The topological polar surface area (TPSA) is 34.1 Å². The molecule has 0 aromatic carbocycles. The third-order valence-electron chi connectivity index (χ3n) is 1.22. The third kappa shape index (κ3) is 2.86. The van der Waals surface area contributed by atoms with Gasteiger partial charge in [0.05, 0.1) is 6.61 Å². The summed E-state index contributed by atoms with van der Waals surface area (Å²) in [6.45, 7) is 2.77. The molecule has 3 nitrogen and oxygen atoms in total. The molecule has 0 aliphatic carbocycles. The summed E-state index contributed by atoms with van der Waals surface area (Å²) in [5.74, 6) is 0. The van der Waals surface area contributed by atoms with Crippen LogP contribution in [0.25, 0.3) is 0 Å². The molecule has 0 radical (unpaired) electrons. The van der Waals surface area contributed by atoms with Crippen molar-refractivity contribution in [1.29, 1.82) is 0 Å². The lowest BCUT2D eigenvalue weighted by molar-refractivity contribution is 0.190. The Labute approximate surface area is 70.4 Å². The van der Waals surface area contributed by atoms with E-state index >= 15 is 0 Å². The van der Waals surface area contributed by atoms with Gasteiger partial charge in [-0.2, -0.15) is 0 Å². The highest BCUT2D eigenvalue weighted by Gasteiger charge is 2.01. The van der Waals surface area contributed by atoms with Crippen LogP contribution in [0.4, 0.5) is 5.13 Å². The number of hydrogen-bond acceptors (Lipinski definition) is 4. The van der Waals surface area contributed by atoms with Crippen LogP contribution in [0.3, 0.4) is 0 Å². The molecule has 1 aromatic rings. The summed E-state index contributed by atoms with van der Waals surface area (Å²) in [4.78, 5) is 4.09. The minimum absolute atomic E-state index is 0.325. The molecule has 11 heavy (non-hydrogen) atoms. The molecule has 0 saturated heterocycles. The molecule has 1 atom stereocenters. The largest absolute Gasteiger partial charge is 0.383 e. The highest BCUT2D eigenvalue weighted by Crippen LogP contribution is 2.11. The number of ether oxygens (including phenoxy) is 1. The Morgan fingerprint density at radius 3 is 3.18 bits per heavy atom. The molecular weight excluding hydrogens is 160 g/mol. The van der Waals surface area contributed by atoms with Gasteiger partial charge in [-0.15, -0.1) is 11.3 Å². The third-order valence-corrected chi connectivity index (χ3v) is 1.92. The molecule has 1 rings (SSSR count). The molecule has 1 aromatic heterocycles. The maximum Gasteiger partial charge on any atom is 0.182 e. The van der Waals surface area contributed by atoms with Crippen molar-refractivity contribution in [3.63, 3.8) is 0 Å². The van der Waals surface area contributed by atoms with E-state index < -0.39 is 0 Å². The number of aromatic nitrogens is 1. The molecule has 1 unspecified atom stereocenters. The van der Waals surface area contributed by atoms with Crippen molar-refractivity contribution in [3.8, 4) is 0 Å². The molecule has 0 fully saturated rings. The zero-order valence-corrected chi connectivity index (χ0v) is 7.52. The Kier molecular flexibility index (Phi) is 3.32. The number of hydrogen-bond donors (Lipinski definition) is 1. The molecule has 0 aliphatic heterocycles. The highest BCUT2D eigenvalue weighted by molar-refractivity contribution is 7.13. The minimum Gasteiger partial charge on any atom is -0.383 e. The summed E-state index contributed by atoms with van der Waals surface area (Å²) in [5, 5.41) is 6.10. The van der Waals surface area contributed by atoms with Crippen molar-refractivity contribution in [2.45, 2.75) is 13.0 Å². The van der Waals surface area contributed by atoms with Gasteiger partial charge in [-0.1, -0.05) is 0 Å². The zero-order chi connectivity index (χ0) is 8.10. The van der Waals surface area contributed by atoms with Crippen LogP contribution < -0.4 is 5.32 Å². The molecule has 62 valence electrons. The number of methoxy groups -OCH3 is 1. The van der Waals surface area contributed by atoms with Crippen molar-refractivity contribution in [1.82, 2.24) is 4.98 Å². The van der Waals surface area contributed by atoms with E-state index in [1.807, 2.05) is 5.38 Å². The van der Waals surface area contributed by atoms with Crippen molar-refractivity contribution in [3.05, 3.63) is 11.6 Å². The first-order chi connectivity index (χ1) is 5.33. The van der Waals surface area contributed by atoms with Crippen molar-refractivity contribution >= 4 is 16.5 Å².